The molecule has 2 aliphatic rings. The maximum absolute atomic E-state index is 12.6. The van der Waals surface area contributed by atoms with E-state index in [1.807, 2.05) is 34.9 Å². The van der Waals surface area contributed by atoms with Crippen LogP contribution < -0.4 is 18.9 Å². The van der Waals surface area contributed by atoms with Gasteiger partial charge in [-0.3, -0.25) is 4.79 Å². The molecule has 1 unspecified atom stereocenters. The molecule has 148 valence electrons. The van der Waals surface area contributed by atoms with Gasteiger partial charge in [0.15, 0.2) is 18.1 Å². The number of nitrogens with zero attached hydrogens (tertiary/aromatic N) is 1. The largest absolute Gasteiger partial charge is 0.497 e. The topological polar surface area (TPSA) is 57.2 Å². The van der Waals surface area contributed by atoms with Gasteiger partial charge in [0.25, 0.3) is 5.91 Å². The molecule has 1 atom stereocenters. The first-order valence-corrected chi connectivity index (χ1v) is 10.3. The van der Waals surface area contributed by atoms with E-state index in [-0.39, 0.29) is 19.3 Å². The molecule has 0 spiro atoms. The zero-order valence-electron chi connectivity index (χ0n) is 15.8. The summed E-state index contributed by atoms with van der Waals surface area (Å²) in [5, 5.41) is 0.342. The van der Waals surface area contributed by atoms with Crippen molar-refractivity contribution in [2.45, 2.75) is 11.7 Å². The van der Waals surface area contributed by atoms with Crippen LogP contribution in [0.1, 0.15) is 17.2 Å². The van der Waals surface area contributed by atoms with E-state index in [0.29, 0.717) is 11.0 Å². The molecule has 1 amide bonds. The van der Waals surface area contributed by atoms with E-state index in [9.17, 15) is 4.79 Å². The molecule has 0 radical (unpaired) electrons. The average Bonchev–Trinajstić information content (AvgIpc) is 3.07. The van der Waals surface area contributed by atoms with Crippen LogP contribution >= 0.6 is 11.8 Å². The highest BCUT2D eigenvalue weighted by Crippen LogP contribution is 2.40. The third kappa shape index (κ3) is 4.30. The Morgan fingerprint density at radius 2 is 1.89 bits per heavy atom. The molecular weight excluding hydrogens is 378 g/mol. The molecule has 1 saturated heterocycles. The Kier molecular flexibility index (Phi) is 5.81. The molecule has 2 aliphatic heterocycles. The van der Waals surface area contributed by atoms with Crippen molar-refractivity contribution < 1.29 is 23.7 Å². The van der Waals surface area contributed by atoms with E-state index >= 15 is 0 Å². The summed E-state index contributed by atoms with van der Waals surface area (Å²) in [6, 6.07) is 13.4. The smallest absolute Gasteiger partial charge is 0.260 e. The fourth-order valence-electron chi connectivity index (χ4n) is 3.31. The third-order valence-corrected chi connectivity index (χ3v) is 6.21. The summed E-state index contributed by atoms with van der Waals surface area (Å²) >= 11 is 1.88. The minimum Gasteiger partial charge on any atom is -0.497 e. The highest BCUT2D eigenvalue weighted by molar-refractivity contribution is 7.99. The second-order valence-corrected chi connectivity index (χ2v) is 7.92. The highest BCUT2D eigenvalue weighted by Gasteiger charge is 2.24. The van der Waals surface area contributed by atoms with Crippen LogP contribution in [0.25, 0.3) is 0 Å². The first-order chi connectivity index (χ1) is 13.7. The van der Waals surface area contributed by atoms with Crippen molar-refractivity contribution in [2.24, 2.45) is 0 Å². The molecule has 0 saturated carbocycles. The second-order valence-electron chi connectivity index (χ2n) is 6.61. The summed E-state index contributed by atoms with van der Waals surface area (Å²) in [6.45, 7) is 1.78. The fourth-order valence-corrected chi connectivity index (χ4v) is 4.53. The highest BCUT2D eigenvalue weighted by atomic mass is 32.2. The molecule has 2 aromatic rings. The van der Waals surface area contributed by atoms with E-state index < -0.39 is 0 Å². The average molecular weight is 401 g/mol. The number of amides is 1. The molecule has 1 fully saturated rings. The number of fused-ring (bicyclic) bond motifs is 1. The van der Waals surface area contributed by atoms with Gasteiger partial charge in [0.2, 0.25) is 6.79 Å². The van der Waals surface area contributed by atoms with Crippen molar-refractivity contribution in [1.29, 1.82) is 0 Å². The summed E-state index contributed by atoms with van der Waals surface area (Å²) in [6.07, 6.45) is 0.901. The van der Waals surface area contributed by atoms with Gasteiger partial charge in [0, 0.05) is 24.1 Å². The van der Waals surface area contributed by atoms with E-state index in [4.69, 9.17) is 18.9 Å². The van der Waals surface area contributed by atoms with Crippen LogP contribution in [0.3, 0.4) is 0 Å². The zero-order valence-corrected chi connectivity index (χ0v) is 16.6. The number of thioether (sulfide) groups is 1. The van der Waals surface area contributed by atoms with Crippen LogP contribution in [-0.2, 0) is 4.79 Å². The molecule has 7 heteroatoms. The number of methoxy groups -OCH3 is 1. The van der Waals surface area contributed by atoms with Crippen LogP contribution in [0.2, 0.25) is 0 Å². The third-order valence-electron chi connectivity index (χ3n) is 4.88. The molecule has 4 rings (SSSR count). The fraction of sp³-hybridized carbons (Fsp3) is 0.381. The van der Waals surface area contributed by atoms with E-state index in [1.165, 1.54) is 5.56 Å². The maximum atomic E-state index is 12.6. The number of hydrogen-bond acceptors (Lipinski definition) is 6. The van der Waals surface area contributed by atoms with Gasteiger partial charge in [0.1, 0.15) is 11.5 Å². The number of benzene rings is 2. The summed E-state index contributed by atoms with van der Waals surface area (Å²) in [5.74, 6) is 3.95. The quantitative estimate of drug-likeness (QED) is 0.764. The van der Waals surface area contributed by atoms with Crippen LogP contribution in [0.4, 0.5) is 0 Å². The molecule has 6 nitrogen and oxygen atoms in total. The number of rotatable bonds is 5. The van der Waals surface area contributed by atoms with Gasteiger partial charge >= 0.3 is 0 Å². The van der Waals surface area contributed by atoms with Gasteiger partial charge in [-0.2, -0.15) is 11.8 Å². The molecule has 0 N–H and O–H groups in total. The van der Waals surface area contributed by atoms with Gasteiger partial charge < -0.3 is 23.8 Å². The minimum atomic E-state index is 0.0164. The number of carbonyl (C=O) groups excluding carboxylic acids is 1. The van der Waals surface area contributed by atoms with Crippen molar-refractivity contribution in [3.8, 4) is 23.0 Å². The van der Waals surface area contributed by atoms with Gasteiger partial charge in [-0.05, 0) is 48.4 Å². The Bertz CT molecular complexity index is 826. The lowest BCUT2D eigenvalue weighted by Crippen LogP contribution is -2.36. The molecule has 0 bridgehead atoms. The van der Waals surface area contributed by atoms with E-state index in [1.54, 1.807) is 19.2 Å². The normalized spacial score (nSPS) is 18.5. The van der Waals surface area contributed by atoms with Crippen molar-refractivity contribution in [3.05, 3.63) is 48.0 Å². The van der Waals surface area contributed by atoms with Crippen LogP contribution in [-0.4, -0.2) is 50.2 Å². The monoisotopic (exact) mass is 401 g/mol. The molecule has 2 aromatic carbocycles. The summed E-state index contributed by atoms with van der Waals surface area (Å²) < 4.78 is 21.6. The number of ether oxygens (including phenoxy) is 4. The molecular formula is C21H23NO5S. The van der Waals surface area contributed by atoms with Crippen molar-refractivity contribution in [1.82, 2.24) is 4.90 Å². The van der Waals surface area contributed by atoms with Crippen LogP contribution in [0.15, 0.2) is 42.5 Å². The first-order valence-electron chi connectivity index (χ1n) is 9.29. The Morgan fingerprint density at radius 1 is 1.11 bits per heavy atom. The molecule has 0 aromatic heterocycles. The van der Waals surface area contributed by atoms with Gasteiger partial charge in [-0.15, -0.1) is 0 Å². The van der Waals surface area contributed by atoms with Gasteiger partial charge in [0.05, 0.1) is 7.11 Å². The standard InChI is InChI=1S/C21H23NO5S/c1-24-16-3-5-17(6-4-16)25-13-21(23)22-9-8-20(28-11-10-22)15-2-7-18-19(12-15)27-14-26-18/h2-7,12,20H,8-11,13-14H2,1H3. The zero-order chi connectivity index (χ0) is 19.3. The Morgan fingerprint density at radius 3 is 2.71 bits per heavy atom. The SMILES string of the molecule is COc1ccc(OCC(=O)N2CCSC(c3ccc4c(c3)OCO4)CC2)cc1. The lowest BCUT2D eigenvalue weighted by Gasteiger charge is -2.20. The van der Waals surface area contributed by atoms with Crippen molar-refractivity contribution in [3.63, 3.8) is 0 Å². The maximum Gasteiger partial charge on any atom is 0.260 e. The van der Waals surface area contributed by atoms with E-state index in [2.05, 4.69) is 12.1 Å². The molecule has 2 heterocycles. The van der Waals surface area contributed by atoms with Crippen LogP contribution in [0, 0.1) is 0 Å². The molecule has 28 heavy (non-hydrogen) atoms. The Balaban J connectivity index is 1.31. The minimum absolute atomic E-state index is 0.0164. The van der Waals surface area contributed by atoms with Gasteiger partial charge in [-0.1, -0.05) is 6.07 Å². The summed E-state index contributed by atoms with van der Waals surface area (Å²) in [7, 11) is 1.62. The lowest BCUT2D eigenvalue weighted by molar-refractivity contribution is -0.133. The molecule has 0 aliphatic carbocycles. The van der Waals surface area contributed by atoms with E-state index in [0.717, 1.165) is 42.5 Å². The summed E-state index contributed by atoms with van der Waals surface area (Å²) in [4.78, 5) is 14.5. The lowest BCUT2D eigenvalue weighted by atomic mass is 10.1. The number of hydrogen-bond donors (Lipinski definition) is 0. The predicted octanol–water partition coefficient (Wildman–Crippen LogP) is 3.51. The van der Waals surface area contributed by atoms with Gasteiger partial charge in [-0.25, -0.2) is 0 Å². The summed E-state index contributed by atoms with van der Waals surface area (Å²) in [5.41, 5.74) is 1.22. The predicted molar refractivity (Wildman–Crippen MR) is 107 cm³/mol. The van der Waals surface area contributed by atoms with Crippen molar-refractivity contribution >= 4 is 17.7 Å². The number of carbonyl (C=O) groups is 1. The first kappa shape index (κ1) is 18.8. The van der Waals surface area contributed by atoms with Crippen LogP contribution in [0.5, 0.6) is 23.0 Å². The Labute approximate surface area is 168 Å². The second kappa shape index (κ2) is 8.65. The van der Waals surface area contributed by atoms with Crippen molar-refractivity contribution in [2.75, 3.05) is 39.4 Å². The Hall–Kier alpha value is -2.54.